The van der Waals surface area contributed by atoms with Crippen LogP contribution in [0.3, 0.4) is 0 Å². The average molecular weight is 283 g/mol. The van der Waals surface area contributed by atoms with Gasteiger partial charge in [-0.1, -0.05) is 64.7 Å². The maximum absolute atomic E-state index is 11.4. The van der Waals surface area contributed by atoms with Gasteiger partial charge < -0.3 is 9.64 Å². The van der Waals surface area contributed by atoms with Crippen molar-refractivity contribution in [3.8, 4) is 0 Å². The summed E-state index contributed by atoms with van der Waals surface area (Å²) >= 11 is 0. The first kappa shape index (κ1) is 17.5. The largest absolute Gasteiger partial charge is 0.356 e. The molecule has 0 N–H and O–H groups in total. The van der Waals surface area contributed by atoms with Gasteiger partial charge in [-0.3, -0.25) is 4.79 Å². The van der Waals surface area contributed by atoms with E-state index in [-0.39, 0.29) is 12.1 Å². The lowest BCUT2D eigenvalue weighted by Crippen LogP contribution is -2.34. The van der Waals surface area contributed by atoms with Gasteiger partial charge in [0.05, 0.1) is 6.61 Å². The minimum absolute atomic E-state index is 0.0570. The van der Waals surface area contributed by atoms with E-state index in [2.05, 4.69) is 6.92 Å². The van der Waals surface area contributed by atoms with Crippen molar-refractivity contribution in [3.05, 3.63) is 0 Å². The fourth-order valence-corrected chi connectivity index (χ4v) is 2.93. The van der Waals surface area contributed by atoms with Gasteiger partial charge in [0.15, 0.2) is 0 Å². The first-order valence-electron chi connectivity index (χ1n) is 8.64. The molecule has 3 heteroatoms. The second-order valence-electron chi connectivity index (χ2n) is 6.01. The van der Waals surface area contributed by atoms with Crippen molar-refractivity contribution < 1.29 is 9.53 Å². The SMILES string of the molecule is CCCCCCCCCCCCC1OCCN1C(C)=O. The molecule has 0 aromatic rings. The molecule has 1 unspecified atom stereocenters. The number of ether oxygens (including phenoxy) is 1. The van der Waals surface area contributed by atoms with Crippen molar-refractivity contribution >= 4 is 5.91 Å². The molecule has 20 heavy (non-hydrogen) atoms. The molecule has 1 saturated heterocycles. The fourth-order valence-electron chi connectivity index (χ4n) is 2.93. The van der Waals surface area contributed by atoms with Crippen LogP contribution in [-0.2, 0) is 9.53 Å². The molecule has 0 radical (unpaired) electrons. The Morgan fingerprint density at radius 1 is 1.00 bits per heavy atom. The highest BCUT2D eigenvalue weighted by Gasteiger charge is 2.26. The summed E-state index contributed by atoms with van der Waals surface area (Å²) in [6.45, 7) is 5.39. The minimum atomic E-state index is 0.0570. The first-order valence-corrected chi connectivity index (χ1v) is 8.64. The van der Waals surface area contributed by atoms with Crippen LogP contribution in [0.25, 0.3) is 0 Å². The zero-order chi connectivity index (χ0) is 14.6. The van der Waals surface area contributed by atoms with Gasteiger partial charge in [-0.25, -0.2) is 0 Å². The molecule has 0 aromatic carbocycles. The number of hydrogen-bond donors (Lipinski definition) is 0. The Morgan fingerprint density at radius 2 is 1.55 bits per heavy atom. The maximum Gasteiger partial charge on any atom is 0.221 e. The molecule has 118 valence electrons. The second-order valence-corrected chi connectivity index (χ2v) is 6.01. The summed E-state index contributed by atoms with van der Waals surface area (Å²) in [5.74, 6) is 0.152. The van der Waals surface area contributed by atoms with Gasteiger partial charge in [0, 0.05) is 13.5 Å². The van der Waals surface area contributed by atoms with E-state index in [0.717, 1.165) is 13.0 Å². The van der Waals surface area contributed by atoms with Gasteiger partial charge >= 0.3 is 0 Å². The molecule has 1 atom stereocenters. The van der Waals surface area contributed by atoms with E-state index in [1.165, 1.54) is 64.2 Å². The summed E-state index contributed by atoms with van der Waals surface area (Å²) in [6.07, 6.45) is 14.6. The van der Waals surface area contributed by atoms with Crippen LogP contribution in [0.2, 0.25) is 0 Å². The molecule has 1 fully saturated rings. The molecule has 1 heterocycles. The van der Waals surface area contributed by atoms with Crippen LogP contribution in [0.4, 0.5) is 0 Å². The highest BCUT2D eigenvalue weighted by atomic mass is 16.5. The zero-order valence-electron chi connectivity index (χ0n) is 13.5. The van der Waals surface area contributed by atoms with Gasteiger partial charge in [0.2, 0.25) is 5.91 Å². The van der Waals surface area contributed by atoms with Crippen molar-refractivity contribution in [2.24, 2.45) is 0 Å². The van der Waals surface area contributed by atoms with E-state index in [9.17, 15) is 4.79 Å². The van der Waals surface area contributed by atoms with Gasteiger partial charge in [0.25, 0.3) is 0 Å². The summed E-state index contributed by atoms with van der Waals surface area (Å²) < 4.78 is 5.61. The number of unbranched alkanes of at least 4 members (excludes halogenated alkanes) is 9. The van der Waals surface area contributed by atoms with Crippen LogP contribution < -0.4 is 0 Å². The van der Waals surface area contributed by atoms with Gasteiger partial charge in [-0.2, -0.15) is 0 Å². The average Bonchev–Trinajstić information content (AvgIpc) is 2.89. The Kier molecular flexibility index (Phi) is 9.73. The standard InChI is InChI=1S/C17H33NO2/c1-3-4-5-6-7-8-9-10-11-12-13-17-18(16(2)19)14-15-20-17/h17H,3-15H2,1-2H3. The van der Waals surface area contributed by atoms with Crippen LogP contribution >= 0.6 is 0 Å². The van der Waals surface area contributed by atoms with Crippen LogP contribution in [-0.4, -0.2) is 30.2 Å². The summed E-state index contributed by atoms with van der Waals surface area (Å²) in [6, 6.07) is 0. The van der Waals surface area contributed by atoms with Crippen molar-refractivity contribution in [1.82, 2.24) is 4.90 Å². The van der Waals surface area contributed by atoms with E-state index >= 15 is 0 Å². The predicted octanol–water partition coefficient (Wildman–Crippen LogP) is 4.50. The topological polar surface area (TPSA) is 29.5 Å². The van der Waals surface area contributed by atoms with Gasteiger partial charge in [-0.15, -0.1) is 0 Å². The van der Waals surface area contributed by atoms with Gasteiger partial charge in [-0.05, 0) is 12.8 Å². The Labute approximate surface area is 125 Å². The molecular weight excluding hydrogens is 250 g/mol. The molecule has 1 aliphatic heterocycles. The Bertz CT molecular complexity index is 255. The Morgan fingerprint density at radius 3 is 2.10 bits per heavy atom. The Hall–Kier alpha value is -0.570. The van der Waals surface area contributed by atoms with E-state index in [0.29, 0.717) is 6.61 Å². The lowest BCUT2D eigenvalue weighted by Gasteiger charge is -2.21. The van der Waals surface area contributed by atoms with Crippen molar-refractivity contribution in [2.75, 3.05) is 13.2 Å². The molecule has 1 amide bonds. The molecule has 0 aliphatic carbocycles. The number of amides is 1. The summed E-state index contributed by atoms with van der Waals surface area (Å²) in [4.78, 5) is 13.3. The third-order valence-corrected chi connectivity index (χ3v) is 4.20. The second kappa shape index (κ2) is 11.1. The van der Waals surface area contributed by atoms with Crippen LogP contribution in [0, 0.1) is 0 Å². The molecule has 1 rings (SSSR count). The van der Waals surface area contributed by atoms with Crippen molar-refractivity contribution in [1.29, 1.82) is 0 Å². The molecule has 0 saturated carbocycles. The number of hydrogen-bond acceptors (Lipinski definition) is 2. The molecule has 3 nitrogen and oxygen atoms in total. The summed E-state index contributed by atoms with van der Waals surface area (Å²) in [7, 11) is 0. The smallest absolute Gasteiger partial charge is 0.221 e. The third kappa shape index (κ3) is 7.28. The Balaban J connectivity index is 1.88. The lowest BCUT2D eigenvalue weighted by molar-refractivity contribution is -0.133. The van der Waals surface area contributed by atoms with E-state index in [4.69, 9.17) is 4.74 Å². The first-order chi connectivity index (χ1) is 9.75. The van der Waals surface area contributed by atoms with Crippen molar-refractivity contribution in [3.63, 3.8) is 0 Å². The highest BCUT2D eigenvalue weighted by Crippen LogP contribution is 2.18. The zero-order valence-corrected chi connectivity index (χ0v) is 13.5. The van der Waals surface area contributed by atoms with E-state index in [1.807, 2.05) is 4.90 Å². The lowest BCUT2D eigenvalue weighted by atomic mass is 10.1. The van der Waals surface area contributed by atoms with Crippen LogP contribution in [0.1, 0.15) is 84.5 Å². The molecule has 0 aromatic heterocycles. The number of carbonyl (C=O) groups excluding carboxylic acids is 1. The summed E-state index contributed by atoms with van der Waals surface area (Å²) in [5, 5.41) is 0. The van der Waals surface area contributed by atoms with Gasteiger partial charge in [0.1, 0.15) is 6.23 Å². The minimum Gasteiger partial charge on any atom is -0.356 e. The van der Waals surface area contributed by atoms with E-state index < -0.39 is 0 Å². The number of nitrogens with zero attached hydrogens (tertiary/aromatic N) is 1. The van der Waals surface area contributed by atoms with Crippen LogP contribution in [0.5, 0.6) is 0 Å². The predicted molar refractivity (Wildman–Crippen MR) is 83.6 cm³/mol. The summed E-state index contributed by atoms with van der Waals surface area (Å²) in [5.41, 5.74) is 0. The third-order valence-electron chi connectivity index (χ3n) is 4.20. The highest BCUT2D eigenvalue weighted by molar-refractivity contribution is 5.73. The monoisotopic (exact) mass is 283 g/mol. The van der Waals surface area contributed by atoms with E-state index in [1.54, 1.807) is 6.92 Å². The van der Waals surface area contributed by atoms with Crippen molar-refractivity contribution in [2.45, 2.75) is 90.7 Å². The molecule has 0 bridgehead atoms. The van der Waals surface area contributed by atoms with Crippen LogP contribution in [0.15, 0.2) is 0 Å². The fraction of sp³-hybridized carbons (Fsp3) is 0.941. The molecular formula is C17H33NO2. The maximum atomic E-state index is 11.4. The quantitative estimate of drug-likeness (QED) is 0.522. The normalized spacial score (nSPS) is 18.7. The molecule has 0 spiro atoms. The number of carbonyl (C=O) groups is 1. The number of rotatable bonds is 11. The molecule has 1 aliphatic rings.